The Balaban J connectivity index is 1.91. The van der Waals surface area contributed by atoms with E-state index >= 15 is 0 Å². The van der Waals surface area contributed by atoms with Crippen LogP contribution in [0.15, 0.2) is 0 Å². The minimum absolute atomic E-state index is 0.0606. The number of unbranched alkanes of at least 4 members (excludes halogenated alkanes) is 1. The molecule has 1 aliphatic carbocycles. The molecule has 0 spiro atoms. The lowest BCUT2D eigenvalue weighted by molar-refractivity contribution is 0.240. The van der Waals surface area contributed by atoms with E-state index in [1.54, 1.807) is 0 Å². The third-order valence-corrected chi connectivity index (χ3v) is 1.70. The fourth-order valence-corrected chi connectivity index (χ4v) is 0.856. The molecule has 12 heavy (non-hydrogen) atoms. The van der Waals surface area contributed by atoms with Crippen molar-refractivity contribution in [2.75, 3.05) is 6.54 Å². The number of terminal acetylenes is 1. The van der Waals surface area contributed by atoms with Gasteiger partial charge in [0.25, 0.3) is 0 Å². The minimum atomic E-state index is -0.0606. The maximum Gasteiger partial charge on any atom is 0.315 e. The summed E-state index contributed by atoms with van der Waals surface area (Å²) in [5.41, 5.74) is 0. The second-order valence-electron chi connectivity index (χ2n) is 2.98. The third kappa shape index (κ3) is 3.87. The monoisotopic (exact) mass is 166 g/mol. The summed E-state index contributed by atoms with van der Waals surface area (Å²) in [6.45, 7) is 0.669. The Morgan fingerprint density at radius 1 is 1.58 bits per heavy atom. The fourth-order valence-electron chi connectivity index (χ4n) is 0.856. The first-order chi connectivity index (χ1) is 5.83. The van der Waals surface area contributed by atoms with Crippen molar-refractivity contribution in [2.45, 2.75) is 31.7 Å². The van der Waals surface area contributed by atoms with Crippen molar-refractivity contribution in [3.63, 3.8) is 0 Å². The number of carbonyl (C=O) groups excluding carboxylic acids is 1. The third-order valence-electron chi connectivity index (χ3n) is 1.70. The van der Waals surface area contributed by atoms with Crippen LogP contribution in [0.25, 0.3) is 0 Å². The van der Waals surface area contributed by atoms with Crippen LogP contribution in [0.4, 0.5) is 4.79 Å². The van der Waals surface area contributed by atoms with E-state index in [9.17, 15) is 4.79 Å². The summed E-state index contributed by atoms with van der Waals surface area (Å²) in [7, 11) is 0. The van der Waals surface area contributed by atoms with Gasteiger partial charge in [0, 0.05) is 19.0 Å². The number of rotatable bonds is 4. The molecular formula is C9H14N2O. The van der Waals surface area contributed by atoms with Crippen molar-refractivity contribution >= 4 is 6.03 Å². The number of urea groups is 1. The second kappa shape index (κ2) is 4.66. The van der Waals surface area contributed by atoms with E-state index in [-0.39, 0.29) is 6.03 Å². The molecule has 3 nitrogen and oxygen atoms in total. The first-order valence-electron chi connectivity index (χ1n) is 4.31. The maximum absolute atomic E-state index is 11.0. The van der Waals surface area contributed by atoms with Gasteiger partial charge in [0.1, 0.15) is 0 Å². The maximum atomic E-state index is 11.0. The predicted octanol–water partition coefficient (Wildman–Crippen LogP) is 0.861. The van der Waals surface area contributed by atoms with Gasteiger partial charge in [-0.25, -0.2) is 4.79 Å². The zero-order chi connectivity index (χ0) is 8.81. The highest BCUT2D eigenvalue weighted by Crippen LogP contribution is 2.18. The van der Waals surface area contributed by atoms with Gasteiger partial charge in [-0.05, 0) is 19.3 Å². The molecule has 2 N–H and O–H groups in total. The van der Waals surface area contributed by atoms with Crippen LogP contribution in [-0.4, -0.2) is 18.6 Å². The van der Waals surface area contributed by atoms with Crippen LogP contribution in [0.5, 0.6) is 0 Å². The smallest absolute Gasteiger partial charge is 0.315 e. The van der Waals surface area contributed by atoms with E-state index in [1.807, 2.05) is 0 Å². The zero-order valence-corrected chi connectivity index (χ0v) is 7.10. The first-order valence-corrected chi connectivity index (χ1v) is 4.31. The van der Waals surface area contributed by atoms with Crippen LogP contribution < -0.4 is 10.6 Å². The molecule has 2 amide bonds. The molecule has 0 aromatic heterocycles. The van der Waals surface area contributed by atoms with Crippen LogP contribution in [0.3, 0.4) is 0 Å². The lowest BCUT2D eigenvalue weighted by Crippen LogP contribution is -2.37. The van der Waals surface area contributed by atoms with Crippen molar-refractivity contribution in [1.82, 2.24) is 10.6 Å². The minimum Gasteiger partial charge on any atom is -0.338 e. The molecule has 1 rings (SSSR count). The Hall–Kier alpha value is -1.17. The number of hydrogen-bond donors (Lipinski definition) is 2. The van der Waals surface area contributed by atoms with E-state index in [2.05, 4.69) is 16.6 Å². The fraction of sp³-hybridized carbons (Fsp3) is 0.667. The molecule has 3 heteroatoms. The molecule has 0 saturated heterocycles. The largest absolute Gasteiger partial charge is 0.338 e. The quantitative estimate of drug-likeness (QED) is 0.472. The lowest BCUT2D eigenvalue weighted by Gasteiger charge is -2.04. The van der Waals surface area contributed by atoms with Gasteiger partial charge in [0.2, 0.25) is 0 Å². The zero-order valence-electron chi connectivity index (χ0n) is 7.10. The number of nitrogens with one attached hydrogen (secondary N) is 2. The van der Waals surface area contributed by atoms with Crippen LogP contribution in [0.2, 0.25) is 0 Å². The molecule has 0 bridgehead atoms. The summed E-state index contributed by atoms with van der Waals surface area (Å²) >= 11 is 0. The van der Waals surface area contributed by atoms with E-state index < -0.39 is 0 Å². The van der Waals surface area contributed by atoms with E-state index in [1.165, 1.54) is 0 Å². The molecule has 0 heterocycles. The number of amides is 2. The first kappa shape index (κ1) is 8.92. The standard InChI is InChI=1S/C9H14N2O/c1-2-3-4-7-10-9(12)11-8-5-6-8/h1,8H,3-7H2,(H2,10,11,12). The molecule has 0 unspecified atom stereocenters. The van der Waals surface area contributed by atoms with Crippen LogP contribution in [0, 0.1) is 12.3 Å². The number of carbonyl (C=O) groups is 1. The lowest BCUT2D eigenvalue weighted by atomic mass is 10.3. The van der Waals surface area contributed by atoms with E-state index in [0.29, 0.717) is 12.6 Å². The molecule has 1 saturated carbocycles. The van der Waals surface area contributed by atoms with Gasteiger partial charge in [-0.1, -0.05) is 0 Å². The van der Waals surface area contributed by atoms with Crippen LogP contribution in [-0.2, 0) is 0 Å². The van der Waals surface area contributed by atoms with Crippen LogP contribution >= 0.6 is 0 Å². The Morgan fingerprint density at radius 3 is 2.92 bits per heavy atom. The molecule has 1 aliphatic rings. The predicted molar refractivity (Wildman–Crippen MR) is 47.6 cm³/mol. The van der Waals surface area contributed by atoms with Crippen molar-refractivity contribution in [3.8, 4) is 12.3 Å². The Kier molecular flexibility index (Phi) is 3.46. The van der Waals surface area contributed by atoms with E-state index in [0.717, 1.165) is 25.7 Å². The highest BCUT2D eigenvalue weighted by Gasteiger charge is 2.22. The van der Waals surface area contributed by atoms with Crippen molar-refractivity contribution in [1.29, 1.82) is 0 Å². The summed E-state index contributed by atoms with van der Waals surface area (Å²) in [5, 5.41) is 5.57. The molecular weight excluding hydrogens is 152 g/mol. The summed E-state index contributed by atoms with van der Waals surface area (Å²) in [5.74, 6) is 2.52. The highest BCUT2D eigenvalue weighted by atomic mass is 16.2. The summed E-state index contributed by atoms with van der Waals surface area (Å²) in [6.07, 6.45) is 8.89. The molecule has 66 valence electrons. The van der Waals surface area contributed by atoms with Crippen molar-refractivity contribution in [3.05, 3.63) is 0 Å². The van der Waals surface area contributed by atoms with Gasteiger partial charge in [-0.2, -0.15) is 0 Å². The average molecular weight is 166 g/mol. The van der Waals surface area contributed by atoms with Gasteiger partial charge < -0.3 is 10.6 Å². The molecule has 1 fully saturated rings. The second-order valence-corrected chi connectivity index (χ2v) is 2.98. The molecule has 0 aromatic carbocycles. The van der Waals surface area contributed by atoms with Gasteiger partial charge >= 0.3 is 6.03 Å². The summed E-state index contributed by atoms with van der Waals surface area (Å²) in [6, 6.07) is 0.368. The highest BCUT2D eigenvalue weighted by molar-refractivity contribution is 5.74. The van der Waals surface area contributed by atoms with Gasteiger partial charge in [0.05, 0.1) is 0 Å². The van der Waals surface area contributed by atoms with Gasteiger partial charge in [-0.15, -0.1) is 12.3 Å². The summed E-state index contributed by atoms with van der Waals surface area (Å²) in [4.78, 5) is 11.0. The van der Waals surface area contributed by atoms with E-state index in [4.69, 9.17) is 6.42 Å². The Morgan fingerprint density at radius 2 is 2.33 bits per heavy atom. The molecule has 0 radical (unpaired) electrons. The average Bonchev–Trinajstić information content (AvgIpc) is 2.82. The van der Waals surface area contributed by atoms with Crippen molar-refractivity contribution < 1.29 is 4.79 Å². The topological polar surface area (TPSA) is 41.1 Å². The normalized spacial score (nSPS) is 14.9. The van der Waals surface area contributed by atoms with Gasteiger partial charge in [0.15, 0.2) is 0 Å². The van der Waals surface area contributed by atoms with Crippen molar-refractivity contribution in [2.24, 2.45) is 0 Å². The Bertz CT molecular complexity index is 191. The number of hydrogen-bond acceptors (Lipinski definition) is 1. The SMILES string of the molecule is C#CCCCNC(=O)NC1CC1. The summed E-state index contributed by atoms with van der Waals surface area (Å²) < 4.78 is 0. The van der Waals surface area contributed by atoms with Gasteiger partial charge in [-0.3, -0.25) is 0 Å². The Labute approximate surface area is 72.9 Å². The molecule has 0 aromatic rings. The van der Waals surface area contributed by atoms with Crippen LogP contribution in [0.1, 0.15) is 25.7 Å². The molecule has 0 atom stereocenters. The molecule has 0 aliphatic heterocycles.